The topological polar surface area (TPSA) is 133 Å². The molecule has 9 nitrogen and oxygen atoms in total. The van der Waals surface area contributed by atoms with Gasteiger partial charge >= 0.3 is 12.4 Å². The summed E-state index contributed by atoms with van der Waals surface area (Å²) in [5.74, 6) is -0.967. The Morgan fingerprint density at radius 2 is 1.26 bits per heavy atom. The predicted octanol–water partition coefficient (Wildman–Crippen LogP) is 5.93. The molecule has 17 heteroatoms. The van der Waals surface area contributed by atoms with Crippen LogP contribution in [0, 0.1) is 11.9 Å². The van der Waals surface area contributed by atoms with Crippen molar-refractivity contribution in [2.75, 3.05) is 7.11 Å². The third-order valence-corrected chi connectivity index (χ3v) is 9.08. The highest BCUT2D eigenvalue weighted by molar-refractivity contribution is 6.01. The van der Waals surface area contributed by atoms with E-state index in [9.17, 15) is 39.9 Å². The lowest BCUT2D eigenvalue weighted by Crippen LogP contribution is -2.51. The van der Waals surface area contributed by atoms with Crippen LogP contribution >= 0.6 is 0 Å². The second-order valence-corrected chi connectivity index (χ2v) is 12.4. The largest absolute Gasteiger partial charge is 0.416 e. The fraction of sp³-hybridized carbons (Fsp3) is 0.243. The lowest BCUT2D eigenvalue weighted by molar-refractivity contribution is -0.138. The summed E-state index contributed by atoms with van der Waals surface area (Å²) < 4.78 is 105. The van der Waals surface area contributed by atoms with Crippen molar-refractivity contribution in [3.8, 4) is 0 Å². The van der Waals surface area contributed by atoms with Crippen LogP contribution in [0.2, 0.25) is 0 Å². The van der Waals surface area contributed by atoms with Crippen molar-refractivity contribution < 1.29 is 40.0 Å². The number of alkyl halides is 6. The molecule has 0 saturated heterocycles. The molecule has 0 amide bonds. The average Bonchev–Trinajstić information content (AvgIpc) is 3.49. The molecule has 0 radical (unpaired) electrons. The minimum absolute atomic E-state index is 0.375. The SMILES string of the molecule is COn1cc(C2=N[C@@H](C)[C@](c3ccc(C(F)(F)F)cc3)(c3ccc(F)nc3)N2)ccc1=O.C[C@H](N)[C@](N)(c1ccc(C(F)(F)F)cc1)c1ccc(F)nc1. The van der Waals surface area contributed by atoms with E-state index < -0.39 is 58.5 Å². The van der Waals surface area contributed by atoms with Crippen LogP contribution in [-0.4, -0.2) is 39.7 Å². The number of hydrogen-bond donors (Lipinski definition) is 3. The fourth-order valence-electron chi connectivity index (χ4n) is 6.08. The predicted molar refractivity (Wildman–Crippen MR) is 183 cm³/mol. The Morgan fingerprint density at radius 3 is 1.74 bits per heavy atom. The average molecular weight is 760 g/mol. The molecule has 0 spiro atoms. The minimum Gasteiger partial charge on any atom is -0.414 e. The van der Waals surface area contributed by atoms with E-state index in [2.05, 4.69) is 20.3 Å². The van der Waals surface area contributed by atoms with Gasteiger partial charge in [-0.05, 0) is 73.0 Å². The van der Waals surface area contributed by atoms with E-state index in [-0.39, 0.29) is 5.56 Å². The first kappa shape index (κ1) is 39.5. The Morgan fingerprint density at radius 1 is 0.759 bits per heavy atom. The zero-order valence-corrected chi connectivity index (χ0v) is 28.8. The van der Waals surface area contributed by atoms with Crippen LogP contribution < -0.4 is 27.2 Å². The van der Waals surface area contributed by atoms with Crippen LogP contribution in [0.25, 0.3) is 0 Å². The molecule has 5 N–H and O–H groups in total. The molecule has 0 saturated carbocycles. The van der Waals surface area contributed by atoms with E-state index in [0.717, 1.165) is 35.1 Å². The molecule has 3 aromatic heterocycles. The maximum absolute atomic E-state index is 13.5. The summed E-state index contributed by atoms with van der Waals surface area (Å²) in [5, 5.41) is 3.29. The highest BCUT2D eigenvalue weighted by Crippen LogP contribution is 2.40. The van der Waals surface area contributed by atoms with Gasteiger partial charge in [0.15, 0.2) is 0 Å². The Hall–Kier alpha value is -5.68. The molecule has 284 valence electrons. The number of amidine groups is 1. The number of benzene rings is 2. The Labute approximate surface area is 303 Å². The summed E-state index contributed by atoms with van der Waals surface area (Å²) >= 11 is 0. The second kappa shape index (κ2) is 15.0. The molecule has 6 rings (SSSR count). The quantitative estimate of drug-likeness (QED) is 0.138. The summed E-state index contributed by atoms with van der Waals surface area (Å²) in [4.78, 5) is 28.8. The summed E-state index contributed by atoms with van der Waals surface area (Å²) in [6.45, 7) is 3.41. The van der Waals surface area contributed by atoms with Gasteiger partial charge in [-0.2, -0.15) is 39.9 Å². The van der Waals surface area contributed by atoms with Gasteiger partial charge in [-0.25, -0.2) is 9.97 Å². The van der Waals surface area contributed by atoms with Gasteiger partial charge in [0, 0.05) is 35.6 Å². The molecule has 1 aliphatic heterocycles. The van der Waals surface area contributed by atoms with Crippen LogP contribution in [0.15, 0.2) is 113 Å². The van der Waals surface area contributed by atoms with E-state index in [1.807, 2.05) is 0 Å². The second-order valence-electron chi connectivity index (χ2n) is 12.4. The van der Waals surface area contributed by atoms with Crippen molar-refractivity contribution in [1.82, 2.24) is 20.0 Å². The van der Waals surface area contributed by atoms with Crippen LogP contribution in [0.4, 0.5) is 35.1 Å². The van der Waals surface area contributed by atoms with Crippen molar-refractivity contribution in [2.24, 2.45) is 16.5 Å². The van der Waals surface area contributed by atoms with Crippen molar-refractivity contribution in [1.29, 1.82) is 0 Å². The van der Waals surface area contributed by atoms with E-state index >= 15 is 0 Å². The molecule has 54 heavy (non-hydrogen) atoms. The van der Waals surface area contributed by atoms with Crippen molar-refractivity contribution in [3.05, 3.63) is 165 Å². The van der Waals surface area contributed by atoms with Crippen molar-refractivity contribution in [3.63, 3.8) is 0 Å². The fourth-order valence-corrected chi connectivity index (χ4v) is 6.08. The van der Waals surface area contributed by atoms with Crippen molar-refractivity contribution >= 4 is 5.84 Å². The molecule has 0 fully saturated rings. The number of aromatic nitrogens is 3. The summed E-state index contributed by atoms with van der Waals surface area (Å²) in [7, 11) is 1.34. The summed E-state index contributed by atoms with van der Waals surface area (Å²) in [6, 6.07) is 16.1. The number of aliphatic imine (C=N–C) groups is 1. The number of nitrogens with one attached hydrogen (secondary N) is 1. The van der Waals surface area contributed by atoms with Crippen molar-refractivity contribution in [2.45, 2.75) is 49.4 Å². The van der Waals surface area contributed by atoms with E-state index in [1.54, 1.807) is 19.9 Å². The molecule has 4 heterocycles. The first-order valence-electron chi connectivity index (χ1n) is 16.1. The van der Waals surface area contributed by atoms with Gasteiger partial charge in [0.25, 0.3) is 5.56 Å². The van der Waals surface area contributed by atoms with E-state index in [0.29, 0.717) is 33.7 Å². The standard InChI is InChI=1S/C22H18F4N4O2.C15H15F4N3/c1-13-21(17-8-9-18(23)27-11-17,15-4-6-16(7-5-15)22(24,25)26)29-20(28-13)14-3-10-19(31)30(12-14)32-2;1-9(20)14(21,12-6-7-13(16)22-8-12)10-2-4-11(5-3-10)15(17,18)19/h3-13H,1-2H3,(H,28,29);2-9H,20-21H2,1H3/t13-,21-;9-,14-/m00/s1. The first-order chi connectivity index (χ1) is 25.3. The normalized spacial score (nSPS) is 18.8. The van der Waals surface area contributed by atoms with Crippen LogP contribution in [0.1, 0.15) is 52.8 Å². The molecule has 5 aromatic rings. The van der Waals surface area contributed by atoms with Gasteiger partial charge in [0.05, 0.1) is 28.9 Å². The van der Waals surface area contributed by atoms with Crippen LogP contribution in [-0.2, 0) is 23.4 Å². The van der Waals surface area contributed by atoms with Crippen LogP contribution in [0.3, 0.4) is 0 Å². The summed E-state index contributed by atoms with van der Waals surface area (Å²) in [5.41, 5.74) is 10.3. The molecule has 0 unspecified atom stereocenters. The zero-order chi connectivity index (χ0) is 39.6. The number of nitrogens with zero attached hydrogens (tertiary/aromatic N) is 4. The third kappa shape index (κ3) is 7.82. The number of nitrogens with two attached hydrogens (primary N) is 2. The summed E-state index contributed by atoms with van der Waals surface area (Å²) in [6.07, 6.45) is -4.90. The first-order valence-corrected chi connectivity index (χ1v) is 16.1. The number of rotatable bonds is 7. The van der Waals surface area contributed by atoms with Gasteiger partial charge in [0.1, 0.15) is 18.5 Å². The molecular formula is C37H33F8N7O2. The molecular weight excluding hydrogens is 726 g/mol. The smallest absolute Gasteiger partial charge is 0.414 e. The lowest BCUT2D eigenvalue weighted by Gasteiger charge is -2.35. The molecule has 0 bridgehead atoms. The Balaban J connectivity index is 0.000000223. The van der Waals surface area contributed by atoms with E-state index in [1.165, 1.54) is 74.2 Å². The third-order valence-electron chi connectivity index (χ3n) is 9.08. The van der Waals surface area contributed by atoms with Gasteiger partial charge < -0.3 is 21.6 Å². The molecule has 1 aliphatic rings. The molecule has 0 aliphatic carbocycles. The number of pyridine rings is 3. The number of hydrogen-bond acceptors (Lipinski definition) is 8. The highest BCUT2D eigenvalue weighted by atomic mass is 19.4. The lowest BCUT2D eigenvalue weighted by atomic mass is 9.78. The Kier molecular flexibility index (Phi) is 11.0. The number of halogens is 8. The van der Waals surface area contributed by atoms with Gasteiger partial charge in [-0.1, -0.05) is 36.4 Å². The molecule has 2 aromatic carbocycles. The van der Waals surface area contributed by atoms with Gasteiger partial charge in [0.2, 0.25) is 11.9 Å². The Bertz CT molecular complexity index is 2150. The van der Waals surface area contributed by atoms with Crippen LogP contribution in [0.5, 0.6) is 0 Å². The van der Waals surface area contributed by atoms with E-state index in [4.69, 9.17) is 16.3 Å². The zero-order valence-electron chi connectivity index (χ0n) is 28.8. The highest BCUT2D eigenvalue weighted by Gasteiger charge is 2.46. The minimum atomic E-state index is -4.48. The van der Waals surface area contributed by atoms with Gasteiger partial charge in [-0.15, -0.1) is 0 Å². The maximum Gasteiger partial charge on any atom is 0.416 e. The maximum atomic E-state index is 13.5. The molecule has 4 atom stereocenters. The monoisotopic (exact) mass is 759 g/mol. The van der Waals surface area contributed by atoms with Gasteiger partial charge in [-0.3, -0.25) is 9.79 Å².